The second-order valence-corrected chi connectivity index (χ2v) is 10.5. The van der Waals surface area contributed by atoms with Gasteiger partial charge in [-0.3, -0.25) is 0 Å². The summed E-state index contributed by atoms with van der Waals surface area (Å²) in [6, 6.07) is 0. The van der Waals surface area contributed by atoms with Crippen molar-refractivity contribution in [3.8, 4) is 0 Å². The molecular formula is C32H84N4O4Ti. The largest absolute Gasteiger partial charge is 0.870 e. The molecular weight excluding hydrogens is 552 g/mol. The van der Waals surface area contributed by atoms with E-state index in [4.69, 9.17) is 0 Å². The van der Waals surface area contributed by atoms with Crippen LogP contribution >= 0.6 is 0 Å². The van der Waals surface area contributed by atoms with Crippen LogP contribution in [0.15, 0.2) is 0 Å². The van der Waals surface area contributed by atoms with E-state index in [2.05, 4.69) is 50.6 Å². The summed E-state index contributed by atoms with van der Waals surface area (Å²) >= 11 is 0. The first-order valence-corrected chi connectivity index (χ1v) is 16.8. The molecule has 0 aromatic carbocycles. The minimum absolute atomic E-state index is 0. The molecule has 260 valence electrons. The molecule has 0 unspecified atom stereocenters. The molecule has 0 bridgehead atoms. The van der Waals surface area contributed by atoms with Crippen LogP contribution in [0.1, 0.15) is 182 Å². The number of unbranched alkanes of at least 4 members (excludes halogenated alkanes) is 20. The summed E-state index contributed by atoms with van der Waals surface area (Å²) in [6.07, 6.45) is 33.3. The topological polar surface area (TPSA) is 231 Å². The number of quaternary nitrogens is 4. The first-order valence-electron chi connectivity index (χ1n) is 16.8. The van der Waals surface area contributed by atoms with Gasteiger partial charge in [0, 0.05) is 21.7 Å². The normalized spacial score (nSPS) is 8.78. The van der Waals surface area contributed by atoms with Crippen LogP contribution < -0.4 is 22.9 Å². The smallest absolute Gasteiger partial charge is 0.0739 e. The second kappa shape index (κ2) is 77.8. The maximum atomic E-state index is 3.80. The molecule has 0 atom stereocenters. The molecule has 0 aromatic heterocycles. The molecule has 9 heteroatoms. The quantitative estimate of drug-likeness (QED) is 0.0777. The van der Waals surface area contributed by atoms with Crippen LogP contribution in [0, 0.1) is 0 Å². The van der Waals surface area contributed by atoms with Crippen molar-refractivity contribution < 1.29 is 66.6 Å². The zero-order valence-corrected chi connectivity index (χ0v) is 30.5. The van der Waals surface area contributed by atoms with Crippen molar-refractivity contribution in [2.75, 3.05) is 26.2 Å². The van der Waals surface area contributed by atoms with Gasteiger partial charge in [0.1, 0.15) is 0 Å². The van der Waals surface area contributed by atoms with Crippen LogP contribution in [0.25, 0.3) is 0 Å². The Morgan fingerprint density at radius 3 is 0.488 bits per heavy atom. The third-order valence-electron chi connectivity index (χ3n) is 6.41. The van der Waals surface area contributed by atoms with Gasteiger partial charge in [-0.2, -0.15) is 0 Å². The second-order valence-electron chi connectivity index (χ2n) is 10.5. The molecule has 8 nitrogen and oxygen atoms in total. The molecule has 41 heavy (non-hydrogen) atoms. The Hall–Kier alpha value is 0.394. The molecule has 0 aliphatic heterocycles. The van der Waals surface area contributed by atoms with Crippen LogP contribution in [0.5, 0.6) is 0 Å². The summed E-state index contributed by atoms with van der Waals surface area (Å²) in [5, 5.41) is 0. The summed E-state index contributed by atoms with van der Waals surface area (Å²) in [7, 11) is 0. The van der Waals surface area contributed by atoms with Crippen LogP contribution in [-0.2, 0) is 21.7 Å². The maximum Gasteiger partial charge on any atom is 0.0739 e. The Balaban J connectivity index is -0.0000000457. The van der Waals surface area contributed by atoms with E-state index in [-0.39, 0.29) is 43.6 Å². The Labute approximate surface area is 273 Å². The Kier molecular flexibility index (Phi) is 122. The fraction of sp³-hybridized carbons (Fsp3) is 1.00. The van der Waals surface area contributed by atoms with Crippen LogP contribution in [0.3, 0.4) is 0 Å². The molecule has 0 fully saturated rings. The predicted molar refractivity (Wildman–Crippen MR) is 172 cm³/mol. The number of hydrogen-bond acceptors (Lipinski definition) is 4. The van der Waals surface area contributed by atoms with E-state index in [9.17, 15) is 0 Å². The molecule has 0 saturated carbocycles. The average Bonchev–Trinajstić information content (AvgIpc) is 2.90. The summed E-state index contributed by atoms with van der Waals surface area (Å²) in [4.78, 5) is 0. The van der Waals surface area contributed by atoms with Crippen LogP contribution in [0.4, 0.5) is 0 Å². The molecule has 0 radical (unpaired) electrons. The van der Waals surface area contributed by atoms with E-state index in [0.29, 0.717) is 0 Å². The van der Waals surface area contributed by atoms with E-state index in [1.165, 1.54) is 154 Å². The van der Waals surface area contributed by atoms with Crippen molar-refractivity contribution in [3.63, 3.8) is 0 Å². The van der Waals surface area contributed by atoms with E-state index < -0.39 is 0 Å². The Morgan fingerprint density at radius 2 is 0.366 bits per heavy atom. The zero-order valence-electron chi connectivity index (χ0n) is 28.9. The van der Waals surface area contributed by atoms with Crippen LogP contribution in [0.2, 0.25) is 0 Å². The predicted octanol–water partition coefficient (Wildman–Crippen LogP) is 5.65. The van der Waals surface area contributed by atoms with Gasteiger partial charge in [-0.15, -0.1) is 0 Å². The molecule has 0 amide bonds. The van der Waals surface area contributed by atoms with E-state index in [0.717, 1.165) is 26.2 Å². The third-order valence-corrected chi connectivity index (χ3v) is 6.41. The maximum absolute atomic E-state index is 3.80. The van der Waals surface area contributed by atoms with Crippen molar-refractivity contribution in [1.82, 2.24) is 0 Å². The standard InChI is InChI=1S/4C8H19N.4H2O.Ti/c4*1-2-3-4-5-6-7-8-9;;;;;/h4*2-9H2,1H3;4*1H2;. The first-order chi connectivity index (χ1) is 17.7. The third kappa shape index (κ3) is 100. The molecule has 0 aliphatic rings. The first kappa shape index (κ1) is 64.4. The average molecular weight is 637 g/mol. The minimum Gasteiger partial charge on any atom is -0.870 e. The molecule has 0 saturated heterocycles. The van der Waals surface area contributed by atoms with Crippen molar-refractivity contribution in [2.24, 2.45) is 0 Å². The molecule has 0 spiro atoms. The molecule has 0 aromatic rings. The summed E-state index contributed by atoms with van der Waals surface area (Å²) in [6.45, 7) is 13.5. The van der Waals surface area contributed by atoms with Crippen molar-refractivity contribution >= 4 is 0 Å². The van der Waals surface area contributed by atoms with Crippen molar-refractivity contribution in [1.29, 1.82) is 0 Å². The molecule has 0 aliphatic carbocycles. The fourth-order valence-electron chi connectivity index (χ4n) is 3.83. The molecule has 0 heterocycles. The van der Waals surface area contributed by atoms with Gasteiger partial charge >= 0.3 is 0 Å². The van der Waals surface area contributed by atoms with E-state index >= 15 is 0 Å². The minimum atomic E-state index is 0. The molecule has 0 rings (SSSR count). The van der Waals surface area contributed by atoms with Gasteiger partial charge in [-0.05, 0) is 51.4 Å². The van der Waals surface area contributed by atoms with E-state index in [1.54, 1.807) is 0 Å². The van der Waals surface area contributed by atoms with Gasteiger partial charge in [0.25, 0.3) is 0 Å². The Morgan fingerprint density at radius 1 is 0.244 bits per heavy atom. The van der Waals surface area contributed by atoms with Crippen LogP contribution in [-0.4, -0.2) is 48.1 Å². The van der Waals surface area contributed by atoms with Gasteiger partial charge in [0.05, 0.1) is 26.2 Å². The summed E-state index contributed by atoms with van der Waals surface area (Å²) in [5.41, 5.74) is 15.2. The number of rotatable bonds is 24. The van der Waals surface area contributed by atoms with Gasteiger partial charge in [0.15, 0.2) is 0 Å². The summed E-state index contributed by atoms with van der Waals surface area (Å²) in [5.74, 6) is 0. The van der Waals surface area contributed by atoms with Gasteiger partial charge in [-0.1, -0.05) is 130 Å². The van der Waals surface area contributed by atoms with Gasteiger partial charge < -0.3 is 44.8 Å². The zero-order chi connectivity index (χ0) is 27.8. The number of hydrogen-bond donors (Lipinski definition) is 4. The Bertz CT molecular complexity index is 233. The van der Waals surface area contributed by atoms with Gasteiger partial charge in [-0.25, -0.2) is 0 Å². The van der Waals surface area contributed by atoms with Gasteiger partial charge in [0.2, 0.25) is 0 Å². The monoisotopic (exact) mass is 637 g/mol. The summed E-state index contributed by atoms with van der Waals surface area (Å²) < 4.78 is 0. The van der Waals surface area contributed by atoms with Crippen molar-refractivity contribution in [2.45, 2.75) is 182 Å². The van der Waals surface area contributed by atoms with Crippen molar-refractivity contribution in [3.05, 3.63) is 0 Å². The molecule has 16 N–H and O–H groups in total. The fourth-order valence-corrected chi connectivity index (χ4v) is 3.83. The van der Waals surface area contributed by atoms with E-state index in [1.807, 2.05) is 0 Å². The SMILES string of the molecule is CCCCCCCC[NH3+].CCCCCCCC[NH3+].CCCCCCCC[NH3+].CCCCCCCC[NH3+].[OH-].[OH-].[OH-].[OH-].[Ti].